The van der Waals surface area contributed by atoms with Crippen molar-refractivity contribution >= 4 is 17.0 Å². The monoisotopic (exact) mass is 294 g/mol. The van der Waals surface area contributed by atoms with Crippen molar-refractivity contribution in [2.45, 2.75) is 19.9 Å². The highest BCUT2D eigenvalue weighted by molar-refractivity contribution is 5.91. The third-order valence-electron chi connectivity index (χ3n) is 3.64. The van der Waals surface area contributed by atoms with E-state index >= 15 is 0 Å². The number of benzene rings is 2. The van der Waals surface area contributed by atoms with Gasteiger partial charge >= 0.3 is 5.97 Å². The highest BCUT2D eigenvalue weighted by Gasteiger charge is 2.13. The number of fused-ring (bicyclic) bond motifs is 1. The summed E-state index contributed by atoms with van der Waals surface area (Å²) in [6.07, 6.45) is 1.02. The van der Waals surface area contributed by atoms with Gasteiger partial charge in [-0.2, -0.15) is 0 Å². The Kier molecular flexibility index (Phi) is 3.92. The first-order chi connectivity index (χ1) is 10.7. The van der Waals surface area contributed by atoms with Crippen molar-refractivity contribution in [3.05, 3.63) is 54.1 Å². The van der Waals surface area contributed by atoms with Gasteiger partial charge in [-0.25, -0.2) is 9.78 Å². The minimum Gasteiger partial charge on any atom is -0.465 e. The van der Waals surface area contributed by atoms with Gasteiger partial charge in [-0.15, -0.1) is 0 Å². The highest BCUT2D eigenvalue weighted by atomic mass is 16.5. The van der Waals surface area contributed by atoms with Crippen LogP contribution >= 0.6 is 0 Å². The second-order valence-electron chi connectivity index (χ2n) is 5.15. The largest absolute Gasteiger partial charge is 0.465 e. The molecule has 22 heavy (non-hydrogen) atoms. The summed E-state index contributed by atoms with van der Waals surface area (Å²) < 4.78 is 7.00. The smallest absolute Gasteiger partial charge is 0.337 e. The molecular formula is C18H18N2O2. The molecule has 0 radical (unpaired) electrons. The van der Waals surface area contributed by atoms with E-state index in [9.17, 15) is 4.79 Å². The second-order valence-corrected chi connectivity index (χ2v) is 5.15. The lowest BCUT2D eigenvalue weighted by atomic mass is 10.1. The standard InChI is InChI=1S/C18H18N2O2/c1-3-11-20-16-10-5-4-9-15(16)19-17(20)13-7-6-8-14(12-13)18(21)22-2/h4-10,12H,3,11H2,1-2H3. The van der Waals surface area contributed by atoms with Gasteiger partial charge in [0.15, 0.2) is 0 Å². The summed E-state index contributed by atoms with van der Waals surface area (Å²) >= 11 is 0. The van der Waals surface area contributed by atoms with Gasteiger partial charge in [0.2, 0.25) is 0 Å². The maximum Gasteiger partial charge on any atom is 0.337 e. The molecule has 0 unspecified atom stereocenters. The van der Waals surface area contributed by atoms with E-state index in [1.807, 2.05) is 36.4 Å². The fourth-order valence-corrected chi connectivity index (χ4v) is 2.65. The van der Waals surface area contributed by atoms with Crippen LogP contribution in [0.1, 0.15) is 23.7 Å². The Morgan fingerprint density at radius 1 is 1.18 bits per heavy atom. The van der Waals surface area contributed by atoms with Crippen LogP contribution in [-0.4, -0.2) is 22.6 Å². The number of nitrogens with zero attached hydrogens (tertiary/aromatic N) is 2. The van der Waals surface area contributed by atoms with Crippen LogP contribution in [0.4, 0.5) is 0 Å². The second kappa shape index (κ2) is 6.02. The first-order valence-electron chi connectivity index (χ1n) is 7.38. The average molecular weight is 294 g/mol. The normalized spacial score (nSPS) is 10.8. The zero-order chi connectivity index (χ0) is 15.5. The van der Waals surface area contributed by atoms with E-state index in [1.54, 1.807) is 6.07 Å². The van der Waals surface area contributed by atoms with E-state index < -0.39 is 0 Å². The molecule has 0 saturated carbocycles. The molecule has 0 amide bonds. The van der Waals surface area contributed by atoms with Crippen molar-refractivity contribution in [3.8, 4) is 11.4 Å². The SMILES string of the molecule is CCCn1c(-c2cccc(C(=O)OC)c2)nc2ccccc21. The number of methoxy groups -OCH3 is 1. The summed E-state index contributed by atoms with van der Waals surface area (Å²) in [7, 11) is 1.39. The summed E-state index contributed by atoms with van der Waals surface area (Å²) in [6.45, 7) is 3.03. The number of imidazole rings is 1. The van der Waals surface area contributed by atoms with E-state index in [-0.39, 0.29) is 5.97 Å². The van der Waals surface area contributed by atoms with E-state index in [0.717, 1.165) is 35.4 Å². The molecular weight excluding hydrogens is 276 g/mol. The molecule has 112 valence electrons. The predicted octanol–water partition coefficient (Wildman–Crippen LogP) is 3.90. The summed E-state index contributed by atoms with van der Waals surface area (Å²) in [4.78, 5) is 16.5. The van der Waals surface area contributed by atoms with Gasteiger partial charge in [0.1, 0.15) is 5.82 Å². The molecule has 0 spiro atoms. The quantitative estimate of drug-likeness (QED) is 0.685. The Labute approximate surface area is 129 Å². The molecule has 3 aromatic rings. The van der Waals surface area contributed by atoms with Crippen LogP contribution < -0.4 is 0 Å². The van der Waals surface area contributed by atoms with Crippen LogP contribution in [0.15, 0.2) is 48.5 Å². The van der Waals surface area contributed by atoms with Crippen LogP contribution in [0.5, 0.6) is 0 Å². The Morgan fingerprint density at radius 3 is 2.77 bits per heavy atom. The van der Waals surface area contributed by atoms with Crippen molar-refractivity contribution in [2.24, 2.45) is 0 Å². The Balaban J connectivity index is 2.17. The molecule has 0 fully saturated rings. The molecule has 0 aliphatic carbocycles. The van der Waals surface area contributed by atoms with Crippen LogP contribution in [0.2, 0.25) is 0 Å². The molecule has 3 rings (SSSR count). The first-order valence-corrected chi connectivity index (χ1v) is 7.38. The minimum absolute atomic E-state index is 0.333. The number of para-hydroxylation sites is 2. The summed E-state index contributed by atoms with van der Waals surface area (Å²) in [5, 5.41) is 0. The molecule has 0 bridgehead atoms. The maximum absolute atomic E-state index is 11.7. The molecule has 0 aliphatic rings. The van der Waals surface area contributed by atoms with Gasteiger partial charge in [-0.05, 0) is 30.7 Å². The van der Waals surface area contributed by atoms with Crippen LogP contribution in [0, 0.1) is 0 Å². The first kappa shape index (κ1) is 14.3. The number of aryl methyl sites for hydroxylation is 1. The van der Waals surface area contributed by atoms with E-state index in [2.05, 4.69) is 17.6 Å². The molecule has 0 saturated heterocycles. The van der Waals surface area contributed by atoms with E-state index in [0.29, 0.717) is 5.56 Å². The zero-order valence-corrected chi connectivity index (χ0v) is 12.7. The van der Waals surface area contributed by atoms with Gasteiger partial charge in [0.25, 0.3) is 0 Å². The lowest BCUT2D eigenvalue weighted by Gasteiger charge is -2.08. The Morgan fingerprint density at radius 2 is 2.00 bits per heavy atom. The lowest BCUT2D eigenvalue weighted by molar-refractivity contribution is 0.0601. The summed E-state index contributed by atoms with van der Waals surface area (Å²) in [5.41, 5.74) is 3.54. The average Bonchev–Trinajstić information content (AvgIpc) is 2.93. The van der Waals surface area contributed by atoms with Crippen molar-refractivity contribution in [1.82, 2.24) is 9.55 Å². The lowest BCUT2D eigenvalue weighted by Crippen LogP contribution is -2.03. The van der Waals surface area contributed by atoms with Crippen LogP contribution in [-0.2, 0) is 11.3 Å². The van der Waals surface area contributed by atoms with Gasteiger partial charge in [0.05, 0.1) is 23.7 Å². The van der Waals surface area contributed by atoms with Gasteiger partial charge in [-0.3, -0.25) is 0 Å². The van der Waals surface area contributed by atoms with Gasteiger partial charge < -0.3 is 9.30 Å². The van der Waals surface area contributed by atoms with Crippen molar-refractivity contribution < 1.29 is 9.53 Å². The zero-order valence-electron chi connectivity index (χ0n) is 12.7. The number of hydrogen-bond acceptors (Lipinski definition) is 3. The molecule has 1 aromatic heterocycles. The fraction of sp³-hybridized carbons (Fsp3) is 0.222. The van der Waals surface area contributed by atoms with E-state index in [1.165, 1.54) is 7.11 Å². The van der Waals surface area contributed by atoms with Crippen molar-refractivity contribution in [3.63, 3.8) is 0 Å². The van der Waals surface area contributed by atoms with Crippen LogP contribution in [0.25, 0.3) is 22.4 Å². The Bertz CT molecular complexity index is 821. The number of rotatable bonds is 4. The van der Waals surface area contributed by atoms with E-state index in [4.69, 9.17) is 9.72 Å². The topological polar surface area (TPSA) is 44.1 Å². The fourth-order valence-electron chi connectivity index (χ4n) is 2.65. The number of carbonyl (C=O) groups excluding carboxylic acids is 1. The predicted molar refractivity (Wildman–Crippen MR) is 86.8 cm³/mol. The number of hydrogen-bond donors (Lipinski definition) is 0. The molecule has 0 aliphatic heterocycles. The van der Waals surface area contributed by atoms with Gasteiger partial charge in [0, 0.05) is 12.1 Å². The van der Waals surface area contributed by atoms with Crippen LogP contribution in [0.3, 0.4) is 0 Å². The molecule has 2 aromatic carbocycles. The number of carbonyl (C=O) groups is 1. The summed E-state index contributed by atoms with van der Waals surface area (Å²) in [5.74, 6) is 0.550. The van der Waals surface area contributed by atoms with Crippen molar-refractivity contribution in [1.29, 1.82) is 0 Å². The Hall–Kier alpha value is -2.62. The number of ether oxygens (including phenoxy) is 1. The number of aromatic nitrogens is 2. The minimum atomic E-state index is -0.333. The number of esters is 1. The highest BCUT2D eigenvalue weighted by Crippen LogP contribution is 2.26. The van der Waals surface area contributed by atoms with Gasteiger partial charge in [-0.1, -0.05) is 31.2 Å². The third-order valence-corrected chi connectivity index (χ3v) is 3.64. The third kappa shape index (κ3) is 2.48. The molecule has 1 heterocycles. The summed E-state index contributed by atoms with van der Waals surface area (Å²) in [6, 6.07) is 15.5. The molecule has 4 nitrogen and oxygen atoms in total. The maximum atomic E-state index is 11.7. The molecule has 0 atom stereocenters. The molecule has 4 heteroatoms. The van der Waals surface area contributed by atoms with Crippen molar-refractivity contribution in [2.75, 3.05) is 7.11 Å². The molecule has 0 N–H and O–H groups in total.